The molecule has 0 aliphatic heterocycles. The third kappa shape index (κ3) is 3.65. The van der Waals surface area contributed by atoms with E-state index in [1.807, 2.05) is 0 Å². The fraction of sp³-hybridized carbons (Fsp3) is 0.318. The summed E-state index contributed by atoms with van der Waals surface area (Å²) in [5, 5.41) is 1.09. The Bertz CT molecular complexity index is 859. The summed E-state index contributed by atoms with van der Waals surface area (Å²) < 4.78 is 5.35. The maximum absolute atomic E-state index is 13.2. The summed E-state index contributed by atoms with van der Waals surface area (Å²) in [6.07, 6.45) is 0.208. The number of Topliss-reactive ketones (excluding diaryl/α,β-unsaturated/α-hetero) is 1. The maximum atomic E-state index is 13.2. The van der Waals surface area contributed by atoms with Gasteiger partial charge in [-0.25, -0.2) is 11.4 Å². The Kier molecular flexibility index (Phi) is 6.07. The summed E-state index contributed by atoms with van der Waals surface area (Å²) in [5.74, 6) is -1.84. The summed E-state index contributed by atoms with van der Waals surface area (Å²) in [7, 11) is 0. The molecule has 1 aliphatic rings. The van der Waals surface area contributed by atoms with Crippen LogP contribution in [-0.2, 0) is 14.3 Å². The lowest BCUT2D eigenvalue weighted by molar-refractivity contribution is -0.151. The van der Waals surface area contributed by atoms with E-state index in [9.17, 15) is 9.59 Å². The van der Waals surface area contributed by atoms with Gasteiger partial charge in [-0.05, 0) is 42.3 Å². The minimum Gasteiger partial charge on any atom is -0.460 e. The highest BCUT2D eigenvalue weighted by Crippen LogP contribution is 2.51. The molecule has 0 unspecified atom stereocenters. The van der Waals surface area contributed by atoms with Crippen molar-refractivity contribution in [2.45, 2.75) is 37.1 Å². The van der Waals surface area contributed by atoms with Crippen LogP contribution in [0.4, 0.5) is 0 Å². The second-order valence-electron chi connectivity index (χ2n) is 6.81. The predicted molar refractivity (Wildman–Crippen MR) is 109 cm³/mol. The van der Waals surface area contributed by atoms with Crippen molar-refractivity contribution in [3.8, 4) is 0 Å². The number of carbonyl (C=O) groups excluding carboxylic acids is 2. The Labute approximate surface area is 174 Å². The minimum atomic E-state index is -1.54. The van der Waals surface area contributed by atoms with Gasteiger partial charge in [0.15, 0.2) is 0 Å². The van der Waals surface area contributed by atoms with Crippen LogP contribution >= 0.6 is 23.2 Å². The van der Waals surface area contributed by atoms with Gasteiger partial charge in [-0.1, -0.05) is 47.5 Å². The molecule has 0 saturated heterocycles. The lowest BCUT2D eigenvalue weighted by atomic mass is 9.61. The van der Waals surface area contributed by atoms with Crippen molar-refractivity contribution in [3.05, 3.63) is 81.1 Å². The fourth-order valence-corrected chi connectivity index (χ4v) is 4.21. The molecule has 1 fully saturated rings. The van der Waals surface area contributed by atoms with E-state index in [1.54, 1.807) is 55.5 Å². The first kappa shape index (κ1) is 20.4. The molecule has 0 spiro atoms. The normalized spacial score (nSPS) is 21.0. The maximum Gasteiger partial charge on any atom is 0.394 e. The zero-order valence-corrected chi connectivity index (χ0v) is 16.8. The van der Waals surface area contributed by atoms with Gasteiger partial charge in [0.25, 0.3) is 0 Å². The first-order valence-corrected chi connectivity index (χ1v) is 9.76. The van der Waals surface area contributed by atoms with Crippen molar-refractivity contribution in [1.82, 2.24) is 0 Å². The molecule has 28 heavy (non-hydrogen) atoms. The number of benzene rings is 2. The molecule has 0 radical (unpaired) electrons. The van der Waals surface area contributed by atoms with Crippen LogP contribution in [0.1, 0.15) is 42.7 Å². The number of esters is 1. The molecule has 3 rings (SSSR count). The van der Waals surface area contributed by atoms with Crippen LogP contribution in [0.2, 0.25) is 10.0 Å². The second-order valence-corrected chi connectivity index (χ2v) is 7.69. The molecule has 1 aliphatic carbocycles. The number of nitrogens with zero attached hydrogens (tertiary/aromatic N) is 1. The van der Waals surface area contributed by atoms with E-state index >= 15 is 0 Å². The molecular weight excluding hydrogens is 397 g/mol. The molecule has 0 amide bonds. The first-order chi connectivity index (χ1) is 13.4. The summed E-state index contributed by atoms with van der Waals surface area (Å²) in [6, 6.07) is 13.9. The number of hydrogen-bond acceptors (Lipinski definition) is 3. The van der Waals surface area contributed by atoms with Crippen molar-refractivity contribution in [1.29, 1.82) is 0 Å². The van der Waals surface area contributed by atoms with Gasteiger partial charge < -0.3 is 4.74 Å². The van der Waals surface area contributed by atoms with Crippen LogP contribution in [-0.4, -0.2) is 23.9 Å². The number of hydrogen-bond donors (Lipinski definition) is 0. The number of rotatable bonds is 4. The van der Waals surface area contributed by atoms with Gasteiger partial charge in [0.05, 0.1) is 18.4 Å². The summed E-state index contributed by atoms with van der Waals surface area (Å²) >= 11 is 12.0. The van der Waals surface area contributed by atoms with E-state index in [0.29, 0.717) is 10.0 Å². The third-order valence-corrected chi connectivity index (χ3v) is 5.76. The first-order valence-electron chi connectivity index (χ1n) is 9.00. The topological polar surface area (TPSA) is 47.7 Å². The molecule has 2 aromatic rings. The van der Waals surface area contributed by atoms with Crippen LogP contribution in [0, 0.1) is 6.57 Å². The summed E-state index contributed by atoms with van der Waals surface area (Å²) in [4.78, 5) is 29.7. The van der Waals surface area contributed by atoms with Gasteiger partial charge in [0, 0.05) is 22.9 Å². The number of carbonyl (C=O) groups is 2. The van der Waals surface area contributed by atoms with Gasteiger partial charge >= 0.3 is 11.5 Å². The quantitative estimate of drug-likeness (QED) is 0.492. The van der Waals surface area contributed by atoms with Crippen LogP contribution in [0.15, 0.2) is 48.5 Å². The Morgan fingerprint density at radius 2 is 1.46 bits per heavy atom. The minimum absolute atomic E-state index is 0.00322. The monoisotopic (exact) mass is 415 g/mol. The van der Waals surface area contributed by atoms with Crippen LogP contribution in [0.25, 0.3) is 4.85 Å². The Hall–Kier alpha value is -2.35. The van der Waals surface area contributed by atoms with Gasteiger partial charge in [0.1, 0.15) is 5.78 Å². The summed E-state index contributed by atoms with van der Waals surface area (Å²) in [6.45, 7) is 9.89. The molecule has 0 aromatic heterocycles. The summed E-state index contributed by atoms with van der Waals surface area (Å²) in [5.41, 5.74) is -0.0908. The highest BCUT2D eigenvalue weighted by atomic mass is 35.5. The zero-order chi connectivity index (χ0) is 20.3. The van der Waals surface area contributed by atoms with E-state index in [0.717, 1.165) is 11.1 Å². The lowest BCUT2D eigenvalue weighted by Crippen LogP contribution is -2.52. The Morgan fingerprint density at radius 1 is 1.04 bits per heavy atom. The van der Waals surface area contributed by atoms with E-state index in [2.05, 4.69) is 4.85 Å². The molecule has 2 atom stereocenters. The van der Waals surface area contributed by atoms with Gasteiger partial charge in [-0.3, -0.25) is 9.64 Å². The van der Waals surface area contributed by atoms with Gasteiger partial charge in [-0.15, -0.1) is 0 Å². The average Bonchev–Trinajstić information content (AvgIpc) is 2.69. The van der Waals surface area contributed by atoms with Crippen LogP contribution in [0.5, 0.6) is 0 Å². The van der Waals surface area contributed by atoms with Crippen molar-refractivity contribution >= 4 is 35.0 Å². The molecule has 144 valence electrons. The average molecular weight is 416 g/mol. The predicted octanol–water partition coefficient (Wildman–Crippen LogP) is 5.44. The molecule has 2 aromatic carbocycles. The smallest absolute Gasteiger partial charge is 0.394 e. The standard InChI is InChI=1S/C22H19Cl2NO3/c1-3-28-21(27)22(25-2)19(14-4-8-16(23)9-5-14)12-18(26)13-20(22)15-6-10-17(24)11-7-15/h4-11,19-20H,3,12-13H2,1H3/t19-,20-/m1/s1. The van der Waals surface area contributed by atoms with E-state index < -0.39 is 23.3 Å². The molecule has 0 N–H and O–H groups in total. The molecule has 6 heteroatoms. The van der Waals surface area contributed by atoms with Crippen molar-refractivity contribution in [2.75, 3.05) is 6.61 Å². The van der Waals surface area contributed by atoms with Crippen LogP contribution < -0.4 is 0 Å². The van der Waals surface area contributed by atoms with Crippen LogP contribution in [0.3, 0.4) is 0 Å². The number of ether oxygens (including phenoxy) is 1. The third-order valence-electron chi connectivity index (χ3n) is 5.26. The fourth-order valence-electron chi connectivity index (χ4n) is 3.96. The molecular formula is C22H19Cl2NO3. The van der Waals surface area contributed by atoms with Gasteiger partial charge in [-0.2, -0.15) is 0 Å². The van der Waals surface area contributed by atoms with E-state index in [-0.39, 0.29) is 25.2 Å². The highest BCUT2D eigenvalue weighted by Gasteiger charge is 2.64. The Balaban J connectivity index is 2.20. The largest absolute Gasteiger partial charge is 0.460 e. The van der Waals surface area contributed by atoms with Crippen molar-refractivity contribution in [3.63, 3.8) is 0 Å². The zero-order valence-electron chi connectivity index (χ0n) is 15.3. The number of ketones is 1. The Morgan fingerprint density at radius 3 is 1.82 bits per heavy atom. The SMILES string of the molecule is [C-]#[N+]C1(C(=O)OCC)[C@@H](c2ccc(Cl)cc2)CC(=O)C[C@@H]1c1ccc(Cl)cc1. The second kappa shape index (κ2) is 8.34. The molecule has 1 saturated carbocycles. The van der Waals surface area contributed by atoms with E-state index in [4.69, 9.17) is 34.5 Å². The highest BCUT2D eigenvalue weighted by molar-refractivity contribution is 6.30. The van der Waals surface area contributed by atoms with Crippen molar-refractivity contribution < 1.29 is 14.3 Å². The van der Waals surface area contributed by atoms with Crippen molar-refractivity contribution in [2.24, 2.45) is 0 Å². The molecule has 4 nitrogen and oxygen atoms in total. The molecule has 0 heterocycles. The number of halogens is 2. The van der Waals surface area contributed by atoms with E-state index in [1.165, 1.54) is 0 Å². The van der Waals surface area contributed by atoms with Gasteiger partial charge in [0.2, 0.25) is 0 Å². The lowest BCUT2D eigenvalue weighted by Gasteiger charge is -2.38. The molecule has 0 bridgehead atoms.